The predicted molar refractivity (Wildman–Crippen MR) is 119 cm³/mol. The minimum Gasteiger partial charge on any atom is -0.486 e. The van der Waals surface area contributed by atoms with Gasteiger partial charge in [-0.05, 0) is 74.9 Å². The summed E-state index contributed by atoms with van der Waals surface area (Å²) < 4.78 is 12.0. The Morgan fingerprint density at radius 2 is 2.10 bits per heavy atom. The lowest BCUT2D eigenvalue weighted by Crippen LogP contribution is -2.45. The number of amides is 1. The lowest BCUT2D eigenvalue weighted by molar-refractivity contribution is 0.0476. The molecule has 30 heavy (non-hydrogen) atoms. The van der Waals surface area contributed by atoms with Crippen LogP contribution in [0.2, 0.25) is 0 Å². The normalized spacial score (nSPS) is 19.5. The van der Waals surface area contributed by atoms with Crippen LogP contribution in [0.25, 0.3) is 0 Å². The average Bonchev–Trinajstić information content (AvgIpc) is 2.78. The Morgan fingerprint density at radius 3 is 2.90 bits per heavy atom. The molecule has 0 radical (unpaired) electrons. The number of carbonyl (C=O) groups is 1. The number of ether oxygens (including phenoxy) is 2. The number of thioether (sulfide) groups is 1. The highest BCUT2D eigenvalue weighted by Gasteiger charge is 2.26. The maximum atomic E-state index is 12.5. The number of aryl methyl sites for hydroxylation is 1. The first-order chi connectivity index (χ1) is 14.6. The summed E-state index contributed by atoms with van der Waals surface area (Å²) in [6, 6.07) is 9.71. The molecule has 0 saturated carbocycles. The van der Waals surface area contributed by atoms with Crippen LogP contribution in [0.15, 0.2) is 41.6 Å². The number of nitrogens with zero attached hydrogens (tertiary/aromatic N) is 2. The number of pyridine rings is 1. The molecular weight excluding hydrogens is 398 g/mol. The second kappa shape index (κ2) is 9.71. The second-order valence-corrected chi connectivity index (χ2v) is 8.81. The third-order valence-electron chi connectivity index (χ3n) is 5.75. The van der Waals surface area contributed by atoms with Crippen LogP contribution in [-0.2, 0) is 0 Å². The van der Waals surface area contributed by atoms with Gasteiger partial charge in [0.2, 0.25) is 0 Å². The van der Waals surface area contributed by atoms with Crippen molar-refractivity contribution in [1.82, 2.24) is 15.2 Å². The van der Waals surface area contributed by atoms with E-state index >= 15 is 0 Å². The van der Waals surface area contributed by atoms with Gasteiger partial charge in [0, 0.05) is 19.3 Å². The molecule has 1 atom stereocenters. The zero-order valence-electron chi connectivity index (χ0n) is 17.6. The summed E-state index contributed by atoms with van der Waals surface area (Å²) in [6.45, 7) is 6.28. The lowest BCUT2D eigenvalue weighted by atomic mass is 9.96. The summed E-state index contributed by atoms with van der Waals surface area (Å²) in [5.41, 5.74) is 1.84. The molecule has 4 rings (SSSR count). The third-order valence-corrected chi connectivity index (χ3v) is 6.46. The van der Waals surface area contributed by atoms with Crippen molar-refractivity contribution in [2.75, 3.05) is 39.0 Å². The molecular formula is C23H29N3O3S. The maximum absolute atomic E-state index is 12.5. The molecule has 2 aliphatic heterocycles. The van der Waals surface area contributed by atoms with E-state index in [0.717, 1.165) is 49.0 Å². The van der Waals surface area contributed by atoms with Gasteiger partial charge in [0.1, 0.15) is 17.7 Å². The van der Waals surface area contributed by atoms with E-state index in [1.165, 1.54) is 17.3 Å². The molecule has 0 aliphatic carbocycles. The highest BCUT2D eigenvalue weighted by Crippen LogP contribution is 2.32. The summed E-state index contributed by atoms with van der Waals surface area (Å²) in [5.74, 6) is 2.16. The first kappa shape index (κ1) is 21.0. The Hall–Kier alpha value is -2.25. The molecule has 0 spiro atoms. The molecule has 1 saturated heterocycles. The number of fused-ring (bicyclic) bond motifs is 1. The molecule has 1 aromatic heterocycles. The third kappa shape index (κ3) is 5.08. The molecule has 6 nitrogen and oxygen atoms in total. The number of benzene rings is 1. The molecule has 1 unspecified atom stereocenters. The van der Waals surface area contributed by atoms with Gasteiger partial charge in [-0.15, -0.1) is 11.8 Å². The van der Waals surface area contributed by atoms with Crippen LogP contribution < -0.4 is 14.8 Å². The molecule has 160 valence electrons. The topological polar surface area (TPSA) is 63.7 Å². The minimum absolute atomic E-state index is 0.0309. The van der Waals surface area contributed by atoms with E-state index < -0.39 is 0 Å². The molecule has 1 aromatic carbocycles. The summed E-state index contributed by atoms with van der Waals surface area (Å²) in [4.78, 5) is 19.2. The first-order valence-corrected chi connectivity index (χ1v) is 11.7. The molecule has 1 N–H and O–H groups in total. The maximum Gasteiger partial charge on any atom is 0.254 e. The number of piperidine rings is 1. The van der Waals surface area contributed by atoms with Gasteiger partial charge in [-0.1, -0.05) is 6.07 Å². The van der Waals surface area contributed by atoms with Crippen molar-refractivity contribution < 1.29 is 14.3 Å². The van der Waals surface area contributed by atoms with Crippen LogP contribution in [0.1, 0.15) is 28.8 Å². The van der Waals surface area contributed by atoms with Crippen LogP contribution >= 0.6 is 11.8 Å². The second-order valence-electron chi connectivity index (χ2n) is 8.02. The van der Waals surface area contributed by atoms with Crippen molar-refractivity contribution in [3.8, 4) is 11.5 Å². The summed E-state index contributed by atoms with van der Waals surface area (Å²) in [7, 11) is 0. The van der Waals surface area contributed by atoms with Crippen molar-refractivity contribution >= 4 is 17.7 Å². The van der Waals surface area contributed by atoms with Gasteiger partial charge >= 0.3 is 0 Å². The number of rotatable bonds is 6. The molecule has 3 heterocycles. The zero-order chi connectivity index (χ0) is 20.9. The Labute approximate surface area is 182 Å². The van der Waals surface area contributed by atoms with Crippen molar-refractivity contribution in [1.29, 1.82) is 0 Å². The summed E-state index contributed by atoms with van der Waals surface area (Å²) >= 11 is 1.50. The molecule has 1 fully saturated rings. The highest BCUT2D eigenvalue weighted by atomic mass is 32.2. The van der Waals surface area contributed by atoms with Gasteiger partial charge in [-0.25, -0.2) is 4.98 Å². The fourth-order valence-corrected chi connectivity index (χ4v) is 4.58. The standard InChI is InChI=1S/C23H29N3O3S/c1-16-5-6-20-21(12-16)29-18(15-28-20)14-26-10-7-17(8-11-26)13-25-22(27)19-4-3-9-24-23(19)30-2/h3-6,9,12,17-18H,7-8,10-11,13-15H2,1-2H3,(H,25,27). The fourth-order valence-electron chi connectivity index (χ4n) is 4.03. The smallest absolute Gasteiger partial charge is 0.254 e. The van der Waals surface area contributed by atoms with Gasteiger partial charge in [0.15, 0.2) is 11.5 Å². The Kier molecular flexibility index (Phi) is 6.79. The SMILES string of the molecule is CSc1ncccc1C(=O)NCC1CCN(CC2COc3ccc(C)cc3O2)CC1. The lowest BCUT2D eigenvalue weighted by Gasteiger charge is -2.35. The average molecular weight is 428 g/mol. The summed E-state index contributed by atoms with van der Waals surface area (Å²) in [5, 5.41) is 3.87. The molecule has 1 amide bonds. The van der Waals surface area contributed by atoms with E-state index in [1.807, 2.05) is 36.6 Å². The Balaban J connectivity index is 1.21. The van der Waals surface area contributed by atoms with Crippen molar-refractivity contribution in [3.05, 3.63) is 47.7 Å². The van der Waals surface area contributed by atoms with Crippen LogP contribution in [0.5, 0.6) is 11.5 Å². The summed E-state index contributed by atoms with van der Waals surface area (Å²) in [6.07, 6.45) is 5.87. The Morgan fingerprint density at radius 1 is 1.27 bits per heavy atom. The Bertz CT molecular complexity index is 884. The van der Waals surface area contributed by atoms with Gasteiger partial charge in [0.25, 0.3) is 5.91 Å². The van der Waals surface area contributed by atoms with Crippen LogP contribution in [0.4, 0.5) is 0 Å². The number of hydrogen-bond donors (Lipinski definition) is 1. The van der Waals surface area contributed by atoms with Gasteiger partial charge in [-0.2, -0.15) is 0 Å². The quantitative estimate of drug-likeness (QED) is 0.713. The van der Waals surface area contributed by atoms with Crippen LogP contribution in [-0.4, -0.2) is 60.9 Å². The number of aromatic nitrogens is 1. The zero-order valence-corrected chi connectivity index (χ0v) is 18.4. The molecule has 2 aromatic rings. The van der Waals surface area contributed by atoms with Gasteiger partial charge in [0.05, 0.1) is 5.56 Å². The van der Waals surface area contributed by atoms with E-state index in [2.05, 4.69) is 22.1 Å². The van der Waals surface area contributed by atoms with Gasteiger partial charge in [-0.3, -0.25) is 9.69 Å². The predicted octanol–water partition coefficient (Wildman–Crippen LogP) is 3.39. The monoisotopic (exact) mass is 427 g/mol. The number of carbonyl (C=O) groups excluding carboxylic acids is 1. The van der Waals surface area contributed by atoms with Crippen molar-refractivity contribution in [2.24, 2.45) is 5.92 Å². The van der Waals surface area contributed by atoms with Gasteiger partial charge < -0.3 is 14.8 Å². The largest absolute Gasteiger partial charge is 0.486 e. The molecule has 7 heteroatoms. The number of likely N-dealkylation sites (tertiary alicyclic amines) is 1. The van der Waals surface area contributed by atoms with E-state index in [0.29, 0.717) is 24.6 Å². The van der Waals surface area contributed by atoms with E-state index in [-0.39, 0.29) is 12.0 Å². The highest BCUT2D eigenvalue weighted by molar-refractivity contribution is 7.98. The molecule has 0 bridgehead atoms. The van der Waals surface area contributed by atoms with Crippen molar-refractivity contribution in [2.45, 2.75) is 30.9 Å². The van der Waals surface area contributed by atoms with E-state index in [1.54, 1.807) is 6.20 Å². The fraction of sp³-hybridized carbons (Fsp3) is 0.478. The number of nitrogens with one attached hydrogen (secondary N) is 1. The molecule has 2 aliphatic rings. The van der Waals surface area contributed by atoms with Crippen molar-refractivity contribution in [3.63, 3.8) is 0 Å². The van der Waals surface area contributed by atoms with E-state index in [9.17, 15) is 4.79 Å². The first-order valence-electron chi connectivity index (χ1n) is 10.5. The van der Waals surface area contributed by atoms with Crippen LogP contribution in [0.3, 0.4) is 0 Å². The van der Waals surface area contributed by atoms with Crippen LogP contribution in [0, 0.1) is 12.8 Å². The number of hydrogen-bond acceptors (Lipinski definition) is 6. The van der Waals surface area contributed by atoms with E-state index in [4.69, 9.17) is 9.47 Å². The minimum atomic E-state index is -0.0309.